The molecule has 152 valence electrons. The van der Waals surface area contributed by atoms with Crippen molar-refractivity contribution in [3.63, 3.8) is 0 Å². The van der Waals surface area contributed by atoms with Gasteiger partial charge < -0.3 is 14.2 Å². The summed E-state index contributed by atoms with van der Waals surface area (Å²) in [6, 6.07) is 6.38. The minimum atomic E-state index is -0.482. The third-order valence-electron chi connectivity index (χ3n) is 5.63. The van der Waals surface area contributed by atoms with Crippen molar-refractivity contribution in [3.05, 3.63) is 34.7 Å². The Labute approximate surface area is 178 Å². The molecule has 6 nitrogen and oxygen atoms in total. The highest BCUT2D eigenvalue weighted by Gasteiger charge is 2.36. The van der Waals surface area contributed by atoms with Crippen molar-refractivity contribution in [2.75, 3.05) is 13.1 Å². The second-order valence-corrected chi connectivity index (χ2v) is 10.1. The maximum atomic E-state index is 12.6. The molecule has 1 amide bonds. The minimum absolute atomic E-state index is 0.202. The second-order valence-electron chi connectivity index (χ2n) is 9.14. The van der Waals surface area contributed by atoms with E-state index in [1.54, 1.807) is 0 Å². The molecule has 0 bridgehead atoms. The fourth-order valence-corrected chi connectivity index (χ4v) is 4.57. The van der Waals surface area contributed by atoms with Crippen molar-refractivity contribution in [1.29, 1.82) is 0 Å². The number of nitrogens with zero attached hydrogens (tertiary/aromatic N) is 4. The van der Waals surface area contributed by atoms with Crippen molar-refractivity contribution in [1.82, 2.24) is 19.4 Å². The van der Waals surface area contributed by atoms with E-state index in [1.165, 1.54) is 12.8 Å². The molecule has 3 aromatic rings. The summed E-state index contributed by atoms with van der Waals surface area (Å²) in [5, 5.41) is 1.10. The molecule has 1 aromatic carbocycles. The average molecular weight is 457 g/mol. The van der Waals surface area contributed by atoms with Gasteiger partial charge in [-0.05, 0) is 58.2 Å². The molecule has 2 aliphatic rings. The van der Waals surface area contributed by atoms with Crippen LogP contribution < -0.4 is 0 Å². The number of likely N-dealkylation sites (tertiary alicyclic amines) is 1. The molecule has 29 heavy (non-hydrogen) atoms. The highest BCUT2D eigenvalue weighted by Crippen LogP contribution is 2.44. The number of hydrogen-bond acceptors (Lipinski definition) is 4. The Balaban J connectivity index is 1.58. The van der Waals surface area contributed by atoms with E-state index in [1.807, 2.05) is 44.0 Å². The fourth-order valence-electron chi connectivity index (χ4n) is 4.21. The lowest BCUT2D eigenvalue weighted by molar-refractivity contribution is 0.0289. The summed E-state index contributed by atoms with van der Waals surface area (Å²) in [5.41, 5.74) is 2.55. The first-order valence-corrected chi connectivity index (χ1v) is 11.0. The molecule has 0 radical (unpaired) electrons. The van der Waals surface area contributed by atoms with E-state index in [9.17, 15) is 4.79 Å². The summed E-state index contributed by atoms with van der Waals surface area (Å²) < 4.78 is 9.02. The number of fused-ring (bicyclic) bond motifs is 3. The van der Waals surface area contributed by atoms with Crippen molar-refractivity contribution >= 4 is 44.0 Å². The van der Waals surface area contributed by atoms with Crippen molar-refractivity contribution in [2.45, 2.75) is 57.6 Å². The van der Waals surface area contributed by atoms with Gasteiger partial charge in [-0.15, -0.1) is 0 Å². The van der Waals surface area contributed by atoms with Crippen molar-refractivity contribution in [2.24, 2.45) is 0 Å². The van der Waals surface area contributed by atoms with Crippen LogP contribution in [0.4, 0.5) is 4.79 Å². The van der Waals surface area contributed by atoms with E-state index in [0.717, 1.165) is 38.7 Å². The lowest BCUT2D eigenvalue weighted by Crippen LogP contribution is -2.35. The molecule has 0 unspecified atom stereocenters. The molecule has 1 aliphatic carbocycles. The van der Waals surface area contributed by atoms with Crippen LogP contribution in [0, 0.1) is 0 Å². The number of carbonyl (C=O) groups is 1. The smallest absolute Gasteiger partial charge is 0.410 e. The zero-order valence-corrected chi connectivity index (χ0v) is 18.6. The number of rotatable bonds is 2. The third-order valence-corrected chi connectivity index (χ3v) is 6.12. The Bertz CT molecular complexity index is 1110. The largest absolute Gasteiger partial charge is 0.444 e. The standard InChI is InChI=1S/C22H25BrN4O2/c1-22(2,3)29-21(28)26-9-8-15(12-26)27-19-16-10-14(23)6-7-17(16)24-11-18(19)25-20(27)13-4-5-13/h6-7,10-11,13,15H,4-5,8-9,12H2,1-3H3/t15-/m1/s1. The molecule has 0 spiro atoms. The van der Waals surface area contributed by atoms with E-state index in [2.05, 4.69) is 31.5 Å². The van der Waals surface area contributed by atoms with Gasteiger partial charge in [0, 0.05) is 28.9 Å². The molecule has 1 atom stereocenters. The quantitative estimate of drug-likeness (QED) is 0.517. The van der Waals surface area contributed by atoms with Crippen LogP contribution in [0.1, 0.15) is 57.8 Å². The van der Waals surface area contributed by atoms with Gasteiger partial charge >= 0.3 is 6.09 Å². The zero-order valence-electron chi connectivity index (χ0n) is 17.0. The molecule has 1 saturated heterocycles. The van der Waals surface area contributed by atoms with E-state index < -0.39 is 5.60 Å². The van der Waals surface area contributed by atoms with Gasteiger partial charge in [-0.3, -0.25) is 4.98 Å². The molecular weight excluding hydrogens is 432 g/mol. The first-order chi connectivity index (χ1) is 13.8. The number of ether oxygens (including phenoxy) is 1. The molecule has 2 fully saturated rings. The Kier molecular flexibility index (Phi) is 4.35. The van der Waals surface area contributed by atoms with Crippen LogP contribution in [0.15, 0.2) is 28.9 Å². The average Bonchev–Trinajstić information content (AvgIpc) is 3.24. The van der Waals surface area contributed by atoms with Gasteiger partial charge in [0.1, 0.15) is 16.9 Å². The number of amides is 1. The van der Waals surface area contributed by atoms with Gasteiger partial charge in [0.15, 0.2) is 0 Å². The maximum Gasteiger partial charge on any atom is 0.410 e. The summed E-state index contributed by atoms with van der Waals surface area (Å²) in [4.78, 5) is 24.0. The summed E-state index contributed by atoms with van der Waals surface area (Å²) in [6.07, 6.45) is 4.92. The minimum Gasteiger partial charge on any atom is -0.444 e. The van der Waals surface area contributed by atoms with Crippen LogP contribution in [0.25, 0.3) is 21.9 Å². The van der Waals surface area contributed by atoms with E-state index >= 15 is 0 Å². The topological polar surface area (TPSA) is 60.2 Å². The number of hydrogen-bond donors (Lipinski definition) is 0. The van der Waals surface area contributed by atoms with Crippen molar-refractivity contribution < 1.29 is 9.53 Å². The van der Waals surface area contributed by atoms with Crippen LogP contribution >= 0.6 is 15.9 Å². The molecule has 1 aliphatic heterocycles. The van der Waals surface area contributed by atoms with Gasteiger partial charge in [-0.2, -0.15) is 0 Å². The Morgan fingerprint density at radius 3 is 2.72 bits per heavy atom. The van der Waals surface area contributed by atoms with Gasteiger partial charge in [-0.25, -0.2) is 9.78 Å². The zero-order chi connectivity index (χ0) is 20.3. The Morgan fingerprint density at radius 2 is 2.00 bits per heavy atom. The number of carbonyl (C=O) groups excluding carboxylic acids is 1. The van der Waals surface area contributed by atoms with Crippen LogP contribution in [0.3, 0.4) is 0 Å². The normalized spacial score (nSPS) is 20.0. The number of benzene rings is 1. The predicted octanol–water partition coefficient (Wildman–Crippen LogP) is 5.41. The van der Waals surface area contributed by atoms with Gasteiger partial charge in [0.2, 0.25) is 0 Å². The van der Waals surface area contributed by atoms with Gasteiger partial charge in [0.05, 0.1) is 23.3 Å². The first-order valence-electron chi connectivity index (χ1n) is 10.2. The number of pyridine rings is 1. The Morgan fingerprint density at radius 1 is 1.21 bits per heavy atom. The van der Waals surface area contributed by atoms with Crippen LogP contribution in [-0.4, -0.2) is 44.2 Å². The van der Waals surface area contributed by atoms with Gasteiger partial charge in [0.25, 0.3) is 0 Å². The monoisotopic (exact) mass is 456 g/mol. The van der Waals surface area contributed by atoms with E-state index in [0.29, 0.717) is 19.0 Å². The third kappa shape index (κ3) is 3.50. The number of halogens is 1. The Hall–Kier alpha value is -2.15. The maximum absolute atomic E-state index is 12.6. The highest BCUT2D eigenvalue weighted by atomic mass is 79.9. The van der Waals surface area contributed by atoms with Crippen LogP contribution in [0.2, 0.25) is 0 Å². The fraction of sp³-hybridized carbons (Fsp3) is 0.500. The van der Waals surface area contributed by atoms with Gasteiger partial charge in [-0.1, -0.05) is 15.9 Å². The summed E-state index contributed by atoms with van der Waals surface area (Å²) in [6.45, 7) is 7.08. The molecule has 1 saturated carbocycles. The SMILES string of the molecule is CC(C)(C)OC(=O)N1CC[C@@H](n2c(C3CC3)nc3cnc4ccc(Br)cc4c32)C1. The van der Waals surface area contributed by atoms with E-state index in [4.69, 9.17) is 9.72 Å². The summed E-state index contributed by atoms with van der Waals surface area (Å²) in [7, 11) is 0. The molecule has 2 aromatic heterocycles. The number of aromatic nitrogens is 3. The molecule has 0 N–H and O–H groups in total. The molecule has 7 heteroatoms. The lowest BCUT2D eigenvalue weighted by atomic mass is 10.1. The second kappa shape index (κ2) is 6.69. The van der Waals surface area contributed by atoms with Crippen LogP contribution in [0.5, 0.6) is 0 Å². The number of imidazole rings is 1. The van der Waals surface area contributed by atoms with E-state index in [-0.39, 0.29) is 12.1 Å². The highest BCUT2D eigenvalue weighted by molar-refractivity contribution is 9.10. The summed E-state index contributed by atoms with van der Waals surface area (Å²) in [5.74, 6) is 1.66. The lowest BCUT2D eigenvalue weighted by Gasteiger charge is -2.25. The van der Waals surface area contributed by atoms with Crippen LogP contribution in [-0.2, 0) is 4.74 Å². The molecule has 5 rings (SSSR count). The summed E-state index contributed by atoms with van der Waals surface area (Å²) >= 11 is 3.60. The predicted molar refractivity (Wildman–Crippen MR) is 116 cm³/mol. The first kappa shape index (κ1) is 18.9. The molecular formula is C22H25BrN4O2. The molecule has 3 heterocycles. The van der Waals surface area contributed by atoms with Crippen molar-refractivity contribution in [3.8, 4) is 0 Å².